The fraction of sp³-hybridized carbons (Fsp3) is 0.571. The van der Waals surface area contributed by atoms with Crippen LogP contribution in [-0.4, -0.2) is 45.7 Å². The molecule has 18 heavy (non-hydrogen) atoms. The van der Waals surface area contributed by atoms with Crippen LogP contribution in [0.1, 0.15) is 0 Å². The number of rotatable bonds is 6. The summed E-state index contributed by atoms with van der Waals surface area (Å²) in [5, 5.41) is -0.190. The molecule has 0 aliphatic carbocycles. The minimum absolute atomic E-state index is 0.138. The van der Waals surface area contributed by atoms with E-state index in [9.17, 15) is 16.8 Å². The number of hydrogen-bond acceptors (Lipinski definition) is 6. The van der Waals surface area contributed by atoms with E-state index in [1.807, 2.05) is 0 Å². The summed E-state index contributed by atoms with van der Waals surface area (Å²) in [4.78, 5) is 3.65. The predicted octanol–water partition coefficient (Wildman–Crippen LogP) is -2.17. The van der Waals surface area contributed by atoms with Crippen LogP contribution in [0.3, 0.4) is 0 Å². The Morgan fingerprint density at radius 2 is 2.00 bits per heavy atom. The van der Waals surface area contributed by atoms with Crippen molar-refractivity contribution in [1.82, 2.24) is 19.0 Å². The smallest absolute Gasteiger partial charge is 0.260 e. The van der Waals surface area contributed by atoms with Crippen LogP contribution >= 0.6 is 0 Å². The molecule has 0 saturated carbocycles. The summed E-state index contributed by atoms with van der Waals surface area (Å²) < 4.78 is 51.4. The van der Waals surface area contributed by atoms with Crippen LogP contribution < -0.4 is 15.2 Å². The van der Waals surface area contributed by atoms with Gasteiger partial charge in [0.15, 0.2) is 10.8 Å². The number of hydrogen-bond donors (Lipinski definition) is 3. The third-order valence-electron chi connectivity index (χ3n) is 2.14. The Kier molecular flexibility index (Phi) is 4.32. The van der Waals surface area contributed by atoms with Gasteiger partial charge in [-0.15, -0.1) is 0 Å². The lowest BCUT2D eigenvalue weighted by Gasteiger charge is -2.07. The second-order valence-corrected chi connectivity index (χ2v) is 7.19. The summed E-state index contributed by atoms with van der Waals surface area (Å²) in [6, 6.07) is 0. The Morgan fingerprint density at radius 1 is 1.39 bits per heavy atom. The molecule has 11 heteroatoms. The van der Waals surface area contributed by atoms with Crippen LogP contribution in [0.4, 0.5) is 5.82 Å². The molecule has 0 unspecified atom stereocenters. The maximum atomic E-state index is 11.8. The van der Waals surface area contributed by atoms with Gasteiger partial charge in [0.1, 0.15) is 0 Å². The zero-order chi connectivity index (χ0) is 14.0. The molecule has 0 aromatic carbocycles. The summed E-state index contributed by atoms with van der Waals surface area (Å²) in [6.07, 6.45) is 1.26. The summed E-state index contributed by atoms with van der Waals surface area (Å²) in [6.45, 7) is -0.254. The highest BCUT2D eigenvalue weighted by Crippen LogP contribution is 2.14. The van der Waals surface area contributed by atoms with E-state index >= 15 is 0 Å². The van der Waals surface area contributed by atoms with Crippen LogP contribution in [0.25, 0.3) is 0 Å². The number of nitrogens with two attached hydrogens (primary N) is 1. The van der Waals surface area contributed by atoms with Gasteiger partial charge in [-0.05, 0) is 7.05 Å². The molecule has 0 atom stereocenters. The molecule has 0 aliphatic rings. The molecule has 0 radical (unpaired) electrons. The Labute approximate surface area is 105 Å². The monoisotopic (exact) mass is 297 g/mol. The minimum Gasteiger partial charge on any atom is -0.381 e. The van der Waals surface area contributed by atoms with Gasteiger partial charge in [0.25, 0.3) is 10.0 Å². The quantitative estimate of drug-likeness (QED) is 0.546. The summed E-state index contributed by atoms with van der Waals surface area (Å²) >= 11 is 0. The molecule has 0 amide bonds. The number of nitrogens with one attached hydrogen (secondary N) is 2. The molecule has 1 aromatic rings. The summed E-state index contributed by atoms with van der Waals surface area (Å²) in [7, 11) is -4.61. The lowest BCUT2D eigenvalue weighted by atomic mass is 10.8. The second kappa shape index (κ2) is 5.22. The fourth-order valence-electron chi connectivity index (χ4n) is 1.25. The standard InChI is InChI=1S/C7H15N5O4S2/c1-9-17(13,14)4-3-11-18(15,16)7-6(8)10-5-12(7)2/h5,9,11H,3-4,8H2,1-2H3. The van der Waals surface area contributed by atoms with E-state index in [4.69, 9.17) is 5.73 Å². The number of sulfonamides is 2. The average Bonchev–Trinajstić information content (AvgIpc) is 2.58. The van der Waals surface area contributed by atoms with E-state index in [0.29, 0.717) is 0 Å². The Morgan fingerprint density at radius 3 is 2.44 bits per heavy atom. The normalized spacial score (nSPS) is 12.8. The van der Waals surface area contributed by atoms with Crippen molar-refractivity contribution < 1.29 is 16.8 Å². The molecular weight excluding hydrogens is 282 g/mol. The first-order valence-electron chi connectivity index (χ1n) is 4.87. The van der Waals surface area contributed by atoms with Gasteiger partial charge in [0.2, 0.25) is 10.0 Å². The molecule has 0 aliphatic heterocycles. The highest BCUT2D eigenvalue weighted by atomic mass is 32.2. The zero-order valence-electron chi connectivity index (χ0n) is 9.91. The van der Waals surface area contributed by atoms with Crippen LogP contribution in [-0.2, 0) is 27.1 Å². The highest BCUT2D eigenvalue weighted by Gasteiger charge is 2.22. The average molecular weight is 297 g/mol. The molecule has 0 fully saturated rings. The highest BCUT2D eigenvalue weighted by molar-refractivity contribution is 7.90. The van der Waals surface area contributed by atoms with Gasteiger partial charge < -0.3 is 10.3 Å². The van der Waals surface area contributed by atoms with Gasteiger partial charge in [-0.3, -0.25) is 0 Å². The Bertz CT molecular complexity index is 599. The molecule has 1 rings (SSSR count). The predicted molar refractivity (Wildman–Crippen MR) is 65.7 cm³/mol. The van der Waals surface area contributed by atoms with Gasteiger partial charge in [0.05, 0.1) is 12.1 Å². The zero-order valence-corrected chi connectivity index (χ0v) is 11.5. The molecular formula is C7H15N5O4S2. The third kappa shape index (κ3) is 3.41. The van der Waals surface area contributed by atoms with Crippen molar-refractivity contribution >= 4 is 25.9 Å². The molecule has 1 heterocycles. The van der Waals surface area contributed by atoms with Crippen molar-refractivity contribution in [3.05, 3.63) is 6.33 Å². The van der Waals surface area contributed by atoms with Crippen LogP contribution in [0.15, 0.2) is 11.4 Å². The SMILES string of the molecule is CNS(=O)(=O)CCNS(=O)(=O)c1c(N)ncn1C. The van der Waals surface area contributed by atoms with E-state index in [0.717, 1.165) is 0 Å². The molecule has 0 bridgehead atoms. The molecule has 9 nitrogen and oxygen atoms in total. The largest absolute Gasteiger partial charge is 0.381 e. The second-order valence-electron chi connectivity index (χ2n) is 3.47. The van der Waals surface area contributed by atoms with Gasteiger partial charge in [-0.1, -0.05) is 0 Å². The van der Waals surface area contributed by atoms with Crippen LogP contribution in [0, 0.1) is 0 Å². The van der Waals surface area contributed by atoms with Crippen molar-refractivity contribution in [2.75, 3.05) is 25.1 Å². The first kappa shape index (κ1) is 14.9. The van der Waals surface area contributed by atoms with Gasteiger partial charge in [0, 0.05) is 13.6 Å². The molecule has 1 aromatic heterocycles. The minimum atomic E-state index is -3.88. The van der Waals surface area contributed by atoms with E-state index in [1.165, 1.54) is 25.0 Å². The van der Waals surface area contributed by atoms with Gasteiger partial charge in [-0.25, -0.2) is 31.3 Å². The fourth-order valence-corrected chi connectivity index (χ4v) is 3.21. The molecule has 104 valence electrons. The topological polar surface area (TPSA) is 136 Å². The molecule has 4 N–H and O–H groups in total. The first-order chi connectivity index (χ1) is 8.19. The molecule has 0 saturated heterocycles. The number of nitrogens with zero attached hydrogens (tertiary/aromatic N) is 2. The van der Waals surface area contributed by atoms with E-state index < -0.39 is 20.0 Å². The van der Waals surface area contributed by atoms with Crippen molar-refractivity contribution in [1.29, 1.82) is 0 Å². The van der Waals surface area contributed by atoms with Crippen LogP contribution in [0.2, 0.25) is 0 Å². The van der Waals surface area contributed by atoms with Crippen molar-refractivity contribution in [3.63, 3.8) is 0 Å². The van der Waals surface area contributed by atoms with Gasteiger partial charge in [-0.2, -0.15) is 0 Å². The summed E-state index contributed by atoms with van der Waals surface area (Å²) in [5.41, 5.74) is 5.43. The van der Waals surface area contributed by atoms with Gasteiger partial charge >= 0.3 is 0 Å². The summed E-state index contributed by atoms with van der Waals surface area (Å²) in [5.74, 6) is -0.498. The first-order valence-corrected chi connectivity index (χ1v) is 8.01. The van der Waals surface area contributed by atoms with Crippen molar-refractivity contribution in [2.45, 2.75) is 5.03 Å². The lowest BCUT2D eigenvalue weighted by Crippen LogP contribution is -2.33. The molecule has 0 spiro atoms. The van der Waals surface area contributed by atoms with Crippen molar-refractivity contribution in [2.24, 2.45) is 7.05 Å². The number of imidazole rings is 1. The van der Waals surface area contributed by atoms with E-state index in [2.05, 4.69) is 14.4 Å². The number of nitrogen functional groups attached to an aromatic ring is 1. The van der Waals surface area contributed by atoms with Crippen LogP contribution in [0.5, 0.6) is 0 Å². The maximum Gasteiger partial charge on any atom is 0.260 e. The van der Waals surface area contributed by atoms with E-state index in [-0.39, 0.29) is 23.1 Å². The number of anilines is 1. The Hall–Kier alpha value is -1.17. The number of aryl methyl sites for hydroxylation is 1. The van der Waals surface area contributed by atoms with Crippen molar-refractivity contribution in [3.8, 4) is 0 Å². The Balaban J connectivity index is 2.79. The van der Waals surface area contributed by atoms with E-state index in [1.54, 1.807) is 0 Å². The lowest BCUT2D eigenvalue weighted by molar-refractivity contribution is 0.571. The third-order valence-corrected chi connectivity index (χ3v) is 5.09. The number of aromatic nitrogens is 2. The maximum absolute atomic E-state index is 11.8.